The molecule has 1 aromatic carbocycles. The molecule has 7 nitrogen and oxygen atoms in total. The largest absolute Gasteiger partial charge is 0.480 e. The predicted octanol–water partition coefficient (Wildman–Crippen LogP) is 3.89. The third kappa shape index (κ3) is 9.63. The summed E-state index contributed by atoms with van der Waals surface area (Å²) in [6, 6.07) is 7.14. The van der Waals surface area contributed by atoms with Crippen molar-refractivity contribution in [1.29, 1.82) is 0 Å². The number of carboxylic acid groups (broad SMARTS) is 1. The second-order valence-electron chi connectivity index (χ2n) is 8.55. The molecule has 3 N–H and O–H groups in total. The van der Waals surface area contributed by atoms with Crippen LogP contribution in [0.15, 0.2) is 30.3 Å². The van der Waals surface area contributed by atoms with Crippen molar-refractivity contribution in [3.8, 4) is 0 Å². The van der Waals surface area contributed by atoms with Crippen LogP contribution in [-0.2, 0) is 25.7 Å². The summed E-state index contributed by atoms with van der Waals surface area (Å²) in [5.74, 6) is -0.597. The van der Waals surface area contributed by atoms with Gasteiger partial charge in [-0.3, -0.25) is 9.59 Å². The van der Waals surface area contributed by atoms with Crippen molar-refractivity contribution in [3.63, 3.8) is 0 Å². The topological polar surface area (TPSA) is 96.9 Å². The van der Waals surface area contributed by atoms with Crippen molar-refractivity contribution < 1.29 is 24.3 Å². The number of benzene rings is 1. The van der Waals surface area contributed by atoms with Gasteiger partial charge in [0.1, 0.15) is 6.04 Å². The first-order valence-electron chi connectivity index (χ1n) is 11.2. The van der Waals surface area contributed by atoms with E-state index >= 15 is 0 Å². The molecule has 0 saturated heterocycles. The highest BCUT2D eigenvalue weighted by molar-refractivity contribution is 5.90. The Morgan fingerprint density at radius 2 is 1.94 bits per heavy atom. The van der Waals surface area contributed by atoms with Crippen LogP contribution in [0.2, 0.25) is 0 Å². The molecule has 172 valence electrons. The van der Waals surface area contributed by atoms with Gasteiger partial charge in [-0.15, -0.1) is 0 Å². The van der Waals surface area contributed by atoms with Gasteiger partial charge in [-0.2, -0.15) is 0 Å². The maximum absolute atomic E-state index is 12.0. The minimum absolute atomic E-state index is 0.185. The van der Waals surface area contributed by atoms with Crippen molar-refractivity contribution in [3.05, 3.63) is 41.5 Å². The van der Waals surface area contributed by atoms with Crippen LogP contribution in [0.3, 0.4) is 0 Å². The van der Waals surface area contributed by atoms with Crippen molar-refractivity contribution in [2.24, 2.45) is 11.8 Å². The molecule has 0 spiro atoms. The highest BCUT2D eigenvalue weighted by Crippen LogP contribution is 2.27. The molecule has 1 aliphatic carbocycles. The smallest absolute Gasteiger partial charge is 0.320 e. The van der Waals surface area contributed by atoms with Crippen LogP contribution in [0.25, 0.3) is 6.08 Å². The quantitative estimate of drug-likeness (QED) is 0.263. The van der Waals surface area contributed by atoms with Gasteiger partial charge in [0, 0.05) is 12.6 Å². The molecular formula is C24H36N2O5. The standard InChI is InChI=1S/C24H36N2O5/c1-17(2)16-30-18(3)31-26-22(27)13-12-19-8-7-9-20(14-19)15-25-23(24(28)29)21-10-5-4-6-11-21/h7-9,12-14,17-18,21,23,25H,4-6,10-11,15-16H2,1-3H3,(H,26,27)(H,28,29)/t18?,23-/m0/s1. The van der Waals surface area contributed by atoms with Gasteiger partial charge in [-0.05, 0) is 48.8 Å². The van der Waals surface area contributed by atoms with Crippen molar-refractivity contribution in [1.82, 2.24) is 10.8 Å². The van der Waals surface area contributed by atoms with E-state index in [0.29, 0.717) is 19.1 Å². The molecule has 2 atom stereocenters. The lowest BCUT2D eigenvalue weighted by Gasteiger charge is -2.28. The summed E-state index contributed by atoms with van der Waals surface area (Å²) in [6.07, 6.45) is 7.88. The minimum Gasteiger partial charge on any atom is -0.480 e. The number of rotatable bonds is 12. The van der Waals surface area contributed by atoms with Crippen LogP contribution >= 0.6 is 0 Å². The highest BCUT2D eigenvalue weighted by Gasteiger charge is 2.28. The first kappa shape index (κ1) is 25.0. The molecule has 31 heavy (non-hydrogen) atoms. The molecule has 1 amide bonds. The van der Waals surface area contributed by atoms with Crippen LogP contribution in [0, 0.1) is 11.8 Å². The second-order valence-corrected chi connectivity index (χ2v) is 8.55. The van der Waals surface area contributed by atoms with Crippen LogP contribution < -0.4 is 10.8 Å². The molecule has 0 aromatic heterocycles. The third-order valence-corrected chi connectivity index (χ3v) is 5.28. The van der Waals surface area contributed by atoms with Crippen LogP contribution in [0.1, 0.15) is 64.0 Å². The molecule has 2 rings (SSSR count). The summed E-state index contributed by atoms with van der Waals surface area (Å²) in [5, 5.41) is 12.8. The summed E-state index contributed by atoms with van der Waals surface area (Å²) in [4.78, 5) is 28.8. The molecule has 0 heterocycles. The van der Waals surface area contributed by atoms with Gasteiger partial charge in [0.15, 0.2) is 6.29 Å². The molecule has 1 saturated carbocycles. The number of amides is 1. The Bertz CT molecular complexity index is 728. The maximum Gasteiger partial charge on any atom is 0.320 e. The molecular weight excluding hydrogens is 396 g/mol. The zero-order valence-electron chi connectivity index (χ0n) is 18.8. The summed E-state index contributed by atoms with van der Waals surface area (Å²) in [7, 11) is 0. The van der Waals surface area contributed by atoms with E-state index in [1.54, 1.807) is 13.0 Å². The average molecular weight is 433 g/mol. The third-order valence-electron chi connectivity index (χ3n) is 5.28. The summed E-state index contributed by atoms with van der Waals surface area (Å²) >= 11 is 0. The fourth-order valence-corrected chi connectivity index (χ4v) is 3.67. The Morgan fingerprint density at radius 1 is 1.19 bits per heavy atom. The van der Waals surface area contributed by atoms with Gasteiger partial charge in [0.25, 0.3) is 5.91 Å². The normalized spacial score (nSPS) is 17.0. The first-order chi connectivity index (χ1) is 14.8. The fraction of sp³-hybridized carbons (Fsp3) is 0.583. The van der Waals surface area contributed by atoms with Crippen LogP contribution in [0.4, 0.5) is 0 Å². The molecule has 0 radical (unpaired) electrons. The van der Waals surface area contributed by atoms with E-state index in [4.69, 9.17) is 9.57 Å². The predicted molar refractivity (Wildman–Crippen MR) is 120 cm³/mol. The molecule has 1 fully saturated rings. The Labute approximate surface area is 185 Å². The van der Waals surface area contributed by atoms with Gasteiger partial charge in [-0.25, -0.2) is 10.3 Å². The Hall–Kier alpha value is -2.22. The fourth-order valence-electron chi connectivity index (χ4n) is 3.67. The molecule has 1 unspecified atom stereocenters. The second kappa shape index (κ2) is 13.2. The Morgan fingerprint density at radius 3 is 2.61 bits per heavy atom. The Kier molecular flexibility index (Phi) is 10.7. The number of hydroxylamine groups is 1. The highest BCUT2D eigenvalue weighted by atomic mass is 16.8. The monoisotopic (exact) mass is 432 g/mol. The van der Waals surface area contributed by atoms with E-state index < -0.39 is 18.3 Å². The average Bonchev–Trinajstić information content (AvgIpc) is 2.75. The molecule has 0 bridgehead atoms. The summed E-state index contributed by atoms with van der Waals surface area (Å²) in [6.45, 7) is 6.82. The number of carbonyl (C=O) groups excluding carboxylic acids is 1. The first-order valence-corrected chi connectivity index (χ1v) is 11.2. The summed E-state index contributed by atoms with van der Waals surface area (Å²) < 4.78 is 5.43. The number of carbonyl (C=O) groups is 2. The Balaban J connectivity index is 1.83. The zero-order valence-corrected chi connectivity index (χ0v) is 18.8. The van der Waals surface area contributed by atoms with Crippen molar-refractivity contribution in [2.75, 3.05) is 6.61 Å². The molecule has 7 heteroatoms. The van der Waals surface area contributed by atoms with E-state index in [-0.39, 0.29) is 11.8 Å². The maximum atomic E-state index is 12.0. The number of ether oxygens (including phenoxy) is 1. The van der Waals surface area contributed by atoms with E-state index in [1.165, 1.54) is 12.5 Å². The zero-order chi connectivity index (χ0) is 22.6. The number of nitrogens with one attached hydrogen (secondary N) is 2. The van der Waals surface area contributed by atoms with Gasteiger partial charge in [0.2, 0.25) is 0 Å². The van der Waals surface area contributed by atoms with Gasteiger partial charge in [0.05, 0.1) is 6.61 Å². The van der Waals surface area contributed by atoms with E-state index in [2.05, 4.69) is 10.8 Å². The number of hydrogen-bond donors (Lipinski definition) is 3. The molecule has 0 aliphatic heterocycles. The van der Waals surface area contributed by atoms with E-state index in [0.717, 1.165) is 36.8 Å². The van der Waals surface area contributed by atoms with Gasteiger partial charge in [-0.1, -0.05) is 57.4 Å². The van der Waals surface area contributed by atoms with Crippen molar-refractivity contribution >= 4 is 18.0 Å². The molecule has 1 aromatic rings. The van der Waals surface area contributed by atoms with Crippen LogP contribution in [0.5, 0.6) is 0 Å². The number of carboxylic acids is 1. The van der Waals surface area contributed by atoms with Gasteiger partial charge >= 0.3 is 5.97 Å². The van der Waals surface area contributed by atoms with Crippen molar-refractivity contribution in [2.45, 2.75) is 71.8 Å². The van der Waals surface area contributed by atoms with E-state index in [9.17, 15) is 14.7 Å². The SMILES string of the molecule is CC(C)COC(C)ONC(=O)C=Cc1cccc(CN[C@H](C(=O)O)C2CCCCC2)c1. The minimum atomic E-state index is -0.786. The lowest BCUT2D eigenvalue weighted by atomic mass is 9.84. The molecule has 1 aliphatic rings. The van der Waals surface area contributed by atoms with Gasteiger partial charge < -0.3 is 15.2 Å². The summed E-state index contributed by atoms with van der Waals surface area (Å²) in [5.41, 5.74) is 4.17. The van der Waals surface area contributed by atoms with E-state index in [1.807, 2.05) is 38.1 Å². The van der Waals surface area contributed by atoms with Crippen LogP contribution in [-0.4, -0.2) is 35.9 Å². The number of hydrogen-bond acceptors (Lipinski definition) is 5. The lowest BCUT2D eigenvalue weighted by molar-refractivity contribution is -0.180. The lowest BCUT2D eigenvalue weighted by Crippen LogP contribution is -2.43. The number of aliphatic carboxylic acids is 1.